The molecule has 2 unspecified atom stereocenters. The molecule has 0 radical (unpaired) electrons. The molecule has 2 aliphatic rings. The number of hydrogen-bond donors (Lipinski definition) is 2. The molecular formula is C20H27N3OS. The fraction of sp³-hybridized carbons (Fsp3) is 0.550. The molecule has 2 aromatic rings. The quantitative estimate of drug-likeness (QED) is 0.839. The second-order valence-corrected chi connectivity index (χ2v) is 9.32. The van der Waals surface area contributed by atoms with Crippen LogP contribution in [0.3, 0.4) is 0 Å². The molecule has 1 aliphatic heterocycles. The van der Waals surface area contributed by atoms with Gasteiger partial charge in [-0.05, 0) is 58.1 Å². The van der Waals surface area contributed by atoms with Crippen molar-refractivity contribution in [2.45, 2.75) is 68.9 Å². The van der Waals surface area contributed by atoms with Gasteiger partial charge >= 0.3 is 0 Å². The van der Waals surface area contributed by atoms with Crippen LogP contribution < -0.4 is 5.32 Å². The number of aliphatic hydroxyl groups is 1. The summed E-state index contributed by atoms with van der Waals surface area (Å²) in [5.74, 6) is 2.58. The van der Waals surface area contributed by atoms with Crippen LogP contribution in [0.25, 0.3) is 0 Å². The van der Waals surface area contributed by atoms with Crippen molar-refractivity contribution in [2.24, 2.45) is 0 Å². The lowest BCUT2D eigenvalue weighted by atomic mass is 10.0. The number of thioether (sulfide) groups is 1. The number of aliphatic hydroxyl groups excluding tert-OH is 1. The van der Waals surface area contributed by atoms with Gasteiger partial charge in [-0.1, -0.05) is 12.1 Å². The number of aryl methyl sites for hydroxylation is 1. The molecule has 1 aliphatic carbocycles. The summed E-state index contributed by atoms with van der Waals surface area (Å²) in [6, 6.07) is 8.72. The van der Waals surface area contributed by atoms with Crippen molar-refractivity contribution in [3.8, 4) is 0 Å². The van der Waals surface area contributed by atoms with Gasteiger partial charge in [0.1, 0.15) is 5.82 Å². The van der Waals surface area contributed by atoms with Crippen LogP contribution in [0.2, 0.25) is 0 Å². The van der Waals surface area contributed by atoms with Crippen LogP contribution in [0.5, 0.6) is 0 Å². The molecule has 0 spiro atoms. The first kappa shape index (κ1) is 17.0. The van der Waals surface area contributed by atoms with E-state index in [1.807, 2.05) is 11.8 Å². The van der Waals surface area contributed by atoms with Gasteiger partial charge in [0.25, 0.3) is 0 Å². The van der Waals surface area contributed by atoms with Crippen LogP contribution in [-0.4, -0.2) is 26.7 Å². The van der Waals surface area contributed by atoms with Gasteiger partial charge in [0, 0.05) is 22.6 Å². The summed E-state index contributed by atoms with van der Waals surface area (Å²) >= 11 is 1.93. The van der Waals surface area contributed by atoms with Gasteiger partial charge in [-0.15, -0.1) is 11.8 Å². The molecule has 1 aromatic carbocycles. The molecule has 2 atom stereocenters. The predicted molar refractivity (Wildman–Crippen MR) is 104 cm³/mol. The zero-order valence-corrected chi connectivity index (χ0v) is 16.1. The van der Waals surface area contributed by atoms with Gasteiger partial charge in [0.15, 0.2) is 0 Å². The molecular weight excluding hydrogens is 330 g/mol. The maximum absolute atomic E-state index is 9.88. The van der Waals surface area contributed by atoms with E-state index in [0.29, 0.717) is 5.92 Å². The van der Waals surface area contributed by atoms with E-state index in [9.17, 15) is 5.11 Å². The standard InChI is InChI=1S/C20H27N3OS/c1-20(2,3)23-18(12-17(22-23)14-7-8-15(24)11-14)21-16-6-4-5-13-9-10-25-19(13)16/h4-6,12,14-15,21,24H,7-11H2,1-3H3. The van der Waals surface area contributed by atoms with Gasteiger partial charge in [-0.3, -0.25) is 0 Å². The van der Waals surface area contributed by atoms with Gasteiger partial charge in [0.05, 0.1) is 23.0 Å². The van der Waals surface area contributed by atoms with Crippen LogP contribution in [0.15, 0.2) is 29.2 Å². The monoisotopic (exact) mass is 357 g/mol. The van der Waals surface area contributed by atoms with Crippen LogP contribution in [0.4, 0.5) is 11.5 Å². The second-order valence-electron chi connectivity index (χ2n) is 8.22. The Morgan fingerprint density at radius 3 is 2.84 bits per heavy atom. The normalized spacial score (nSPS) is 23.0. The van der Waals surface area contributed by atoms with E-state index in [1.165, 1.54) is 16.1 Å². The number of benzene rings is 1. The van der Waals surface area contributed by atoms with E-state index < -0.39 is 0 Å². The summed E-state index contributed by atoms with van der Waals surface area (Å²) in [4.78, 5) is 1.38. The summed E-state index contributed by atoms with van der Waals surface area (Å²) in [5.41, 5.74) is 3.64. The molecule has 4 rings (SSSR count). The van der Waals surface area contributed by atoms with Gasteiger partial charge in [0.2, 0.25) is 0 Å². The molecule has 0 bridgehead atoms. The van der Waals surface area contributed by atoms with Gasteiger partial charge < -0.3 is 10.4 Å². The fourth-order valence-electron chi connectivity index (χ4n) is 3.88. The van der Waals surface area contributed by atoms with E-state index in [4.69, 9.17) is 5.10 Å². The Labute approximate surface area is 154 Å². The summed E-state index contributed by atoms with van der Waals surface area (Å²) in [5, 5.41) is 18.5. The SMILES string of the molecule is CC(C)(C)n1nc(C2CCC(O)C2)cc1Nc1cccc2c1SCC2. The van der Waals surface area contributed by atoms with Crippen molar-refractivity contribution >= 4 is 23.3 Å². The third-order valence-electron chi connectivity index (χ3n) is 5.16. The maximum atomic E-state index is 9.88. The Morgan fingerprint density at radius 2 is 2.12 bits per heavy atom. The molecule has 4 nitrogen and oxygen atoms in total. The Balaban J connectivity index is 1.69. The number of hydrogen-bond acceptors (Lipinski definition) is 4. The average molecular weight is 358 g/mol. The number of fused-ring (bicyclic) bond motifs is 1. The van der Waals surface area contributed by atoms with Crippen molar-refractivity contribution in [3.63, 3.8) is 0 Å². The zero-order chi connectivity index (χ0) is 17.6. The van der Waals surface area contributed by atoms with E-state index >= 15 is 0 Å². The summed E-state index contributed by atoms with van der Waals surface area (Å²) < 4.78 is 2.10. The van der Waals surface area contributed by atoms with Crippen molar-refractivity contribution in [3.05, 3.63) is 35.5 Å². The molecule has 1 aromatic heterocycles. The highest BCUT2D eigenvalue weighted by Crippen LogP contribution is 2.40. The highest BCUT2D eigenvalue weighted by atomic mass is 32.2. The highest BCUT2D eigenvalue weighted by molar-refractivity contribution is 7.99. The molecule has 1 fully saturated rings. The molecule has 0 saturated heterocycles. The zero-order valence-electron chi connectivity index (χ0n) is 15.2. The summed E-state index contributed by atoms with van der Waals surface area (Å²) in [6.07, 6.45) is 3.72. The lowest BCUT2D eigenvalue weighted by Crippen LogP contribution is -2.24. The summed E-state index contributed by atoms with van der Waals surface area (Å²) in [6.45, 7) is 6.55. The maximum Gasteiger partial charge on any atom is 0.129 e. The minimum absolute atomic E-state index is 0.0943. The smallest absolute Gasteiger partial charge is 0.129 e. The average Bonchev–Trinajstić information content (AvgIpc) is 3.25. The number of nitrogens with one attached hydrogen (secondary N) is 1. The largest absolute Gasteiger partial charge is 0.393 e. The molecule has 2 heterocycles. The number of rotatable bonds is 3. The molecule has 2 N–H and O–H groups in total. The lowest BCUT2D eigenvalue weighted by Gasteiger charge is -2.23. The second kappa shape index (κ2) is 6.36. The van der Waals surface area contributed by atoms with Crippen molar-refractivity contribution in [2.75, 3.05) is 11.1 Å². The van der Waals surface area contributed by atoms with Crippen LogP contribution in [0.1, 0.15) is 57.2 Å². The Hall–Kier alpha value is -1.46. The van der Waals surface area contributed by atoms with E-state index in [0.717, 1.165) is 42.9 Å². The highest BCUT2D eigenvalue weighted by Gasteiger charge is 2.29. The minimum atomic E-state index is -0.171. The molecule has 25 heavy (non-hydrogen) atoms. The first-order chi connectivity index (χ1) is 11.9. The topological polar surface area (TPSA) is 50.1 Å². The van der Waals surface area contributed by atoms with Crippen LogP contribution >= 0.6 is 11.8 Å². The Kier molecular flexibility index (Phi) is 4.32. The van der Waals surface area contributed by atoms with E-state index in [2.05, 4.69) is 55.0 Å². The van der Waals surface area contributed by atoms with Gasteiger partial charge in [-0.2, -0.15) is 5.10 Å². The first-order valence-corrected chi connectivity index (χ1v) is 10.2. The van der Waals surface area contributed by atoms with E-state index in [1.54, 1.807) is 0 Å². The fourth-order valence-corrected chi connectivity index (χ4v) is 5.03. The Morgan fingerprint density at radius 1 is 1.28 bits per heavy atom. The minimum Gasteiger partial charge on any atom is -0.393 e. The molecule has 1 saturated carbocycles. The van der Waals surface area contributed by atoms with Crippen molar-refractivity contribution in [1.29, 1.82) is 0 Å². The number of anilines is 2. The number of aromatic nitrogens is 2. The molecule has 134 valence electrons. The van der Waals surface area contributed by atoms with Crippen molar-refractivity contribution in [1.82, 2.24) is 9.78 Å². The lowest BCUT2D eigenvalue weighted by molar-refractivity contribution is 0.181. The van der Waals surface area contributed by atoms with Crippen LogP contribution in [-0.2, 0) is 12.0 Å². The third kappa shape index (κ3) is 3.32. The van der Waals surface area contributed by atoms with Gasteiger partial charge in [-0.25, -0.2) is 4.68 Å². The summed E-state index contributed by atoms with van der Waals surface area (Å²) in [7, 11) is 0. The molecule has 0 amide bonds. The predicted octanol–water partition coefficient (Wildman–Crippen LogP) is 4.66. The number of nitrogens with zero attached hydrogens (tertiary/aromatic N) is 2. The first-order valence-electron chi connectivity index (χ1n) is 9.22. The van der Waals surface area contributed by atoms with Crippen molar-refractivity contribution < 1.29 is 5.11 Å². The van der Waals surface area contributed by atoms with Crippen LogP contribution in [0, 0.1) is 0 Å². The third-order valence-corrected chi connectivity index (χ3v) is 6.34. The Bertz CT molecular complexity index is 778. The van der Waals surface area contributed by atoms with E-state index in [-0.39, 0.29) is 11.6 Å². The molecule has 5 heteroatoms.